The first-order valence-corrected chi connectivity index (χ1v) is 6.85. The number of rotatable bonds is 5. The summed E-state index contributed by atoms with van der Waals surface area (Å²) in [6.45, 7) is 3.75. The predicted molar refractivity (Wildman–Crippen MR) is 60.5 cm³/mol. The first-order chi connectivity index (χ1) is 7.74. The maximum Gasteiger partial charge on any atom is 0.322 e. The third-order valence-electron chi connectivity index (χ3n) is 2.50. The Morgan fingerprint density at radius 1 is 1.53 bits per heavy atom. The van der Waals surface area contributed by atoms with E-state index in [1.165, 1.54) is 0 Å². The molecule has 1 unspecified atom stereocenters. The van der Waals surface area contributed by atoms with E-state index in [4.69, 9.17) is 5.11 Å². The van der Waals surface area contributed by atoms with Crippen LogP contribution in [0.2, 0.25) is 0 Å². The Labute approximate surface area is 101 Å². The molecule has 1 rings (SSSR count). The van der Waals surface area contributed by atoms with Crippen molar-refractivity contribution in [3.05, 3.63) is 0 Å². The van der Waals surface area contributed by atoms with E-state index in [1.54, 1.807) is 0 Å². The van der Waals surface area contributed by atoms with Gasteiger partial charge in [-0.05, 0) is 5.92 Å². The quantitative estimate of drug-likeness (QED) is 0.591. The van der Waals surface area contributed by atoms with Gasteiger partial charge in [0.1, 0.15) is 6.04 Å². The third kappa shape index (κ3) is 3.63. The van der Waals surface area contributed by atoms with Crippen LogP contribution in [0.25, 0.3) is 0 Å². The lowest BCUT2D eigenvalue weighted by Crippen LogP contribution is -2.47. The predicted octanol–water partition coefficient (Wildman–Crippen LogP) is -1.00. The zero-order valence-electron chi connectivity index (χ0n) is 9.83. The van der Waals surface area contributed by atoms with Gasteiger partial charge in [-0.15, -0.1) is 0 Å². The van der Waals surface area contributed by atoms with E-state index in [9.17, 15) is 18.3 Å². The minimum Gasteiger partial charge on any atom is -0.480 e. The monoisotopic (exact) mass is 266 g/mol. The van der Waals surface area contributed by atoms with Gasteiger partial charge in [-0.3, -0.25) is 4.79 Å². The lowest BCUT2D eigenvalue weighted by Gasteiger charge is -2.21. The SMILES string of the molecule is CC(C)CNS(=O)(=O)N1CC(O)C[C@H]1C(=O)O. The van der Waals surface area contributed by atoms with Crippen LogP contribution in [-0.4, -0.2) is 54.1 Å². The van der Waals surface area contributed by atoms with E-state index in [-0.39, 0.29) is 25.4 Å². The van der Waals surface area contributed by atoms with Crippen molar-refractivity contribution < 1.29 is 23.4 Å². The lowest BCUT2D eigenvalue weighted by molar-refractivity contribution is -0.140. The van der Waals surface area contributed by atoms with Gasteiger partial charge in [-0.2, -0.15) is 12.7 Å². The lowest BCUT2D eigenvalue weighted by atomic mass is 10.2. The zero-order valence-corrected chi connectivity index (χ0v) is 10.6. The number of nitrogens with one attached hydrogen (secondary N) is 1. The average molecular weight is 266 g/mol. The first kappa shape index (κ1) is 14.4. The van der Waals surface area contributed by atoms with E-state index in [0.29, 0.717) is 0 Å². The van der Waals surface area contributed by atoms with Gasteiger partial charge < -0.3 is 10.2 Å². The number of nitrogens with zero attached hydrogens (tertiary/aromatic N) is 1. The number of carbonyl (C=O) groups is 1. The third-order valence-corrected chi connectivity index (χ3v) is 4.05. The molecule has 0 aliphatic carbocycles. The van der Waals surface area contributed by atoms with E-state index < -0.39 is 28.3 Å². The number of aliphatic hydroxyl groups excluding tert-OH is 1. The molecule has 0 spiro atoms. The van der Waals surface area contributed by atoms with Gasteiger partial charge in [0.05, 0.1) is 6.10 Å². The number of aliphatic carboxylic acids is 1. The second-order valence-electron chi connectivity index (χ2n) is 4.56. The Bertz CT molecular complexity index is 381. The molecule has 0 saturated carbocycles. The van der Waals surface area contributed by atoms with Gasteiger partial charge >= 0.3 is 5.97 Å². The molecule has 1 saturated heterocycles. The maximum absolute atomic E-state index is 11.8. The highest BCUT2D eigenvalue weighted by Crippen LogP contribution is 2.21. The second kappa shape index (κ2) is 5.30. The second-order valence-corrected chi connectivity index (χ2v) is 6.27. The van der Waals surface area contributed by atoms with Crippen molar-refractivity contribution in [2.45, 2.75) is 32.4 Å². The number of aliphatic hydroxyl groups is 1. The molecule has 3 N–H and O–H groups in total. The minimum atomic E-state index is -3.84. The molecule has 2 atom stereocenters. The molecular formula is C9H18N2O5S. The summed E-state index contributed by atoms with van der Waals surface area (Å²) in [6, 6.07) is -1.19. The molecule has 0 aromatic carbocycles. The summed E-state index contributed by atoms with van der Waals surface area (Å²) in [5, 5.41) is 18.3. The van der Waals surface area contributed by atoms with Crippen LogP contribution in [0.1, 0.15) is 20.3 Å². The largest absolute Gasteiger partial charge is 0.480 e. The van der Waals surface area contributed by atoms with Crippen LogP contribution >= 0.6 is 0 Å². The van der Waals surface area contributed by atoms with Gasteiger partial charge in [-0.1, -0.05) is 13.8 Å². The van der Waals surface area contributed by atoms with Crippen molar-refractivity contribution >= 4 is 16.2 Å². The fourth-order valence-electron chi connectivity index (χ4n) is 1.63. The molecular weight excluding hydrogens is 248 g/mol. The zero-order chi connectivity index (χ0) is 13.2. The average Bonchev–Trinajstić information content (AvgIpc) is 2.58. The van der Waals surface area contributed by atoms with Crippen molar-refractivity contribution in [3.63, 3.8) is 0 Å². The number of hydrogen-bond donors (Lipinski definition) is 3. The van der Waals surface area contributed by atoms with Crippen molar-refractivity contribution in [2.75, 3.05) is 13.1 Å². The van der Waals surface area contributed by atoms with Gasteiger partial charge in [0.15, 0.2) is 0 Å². The number of carboxylic acid groups (broad SMARTS) is 1. The highest BCUT2D eigenvalue weighted by molar-refractivity contribution is 7.87. The Hall–Kier alpha value is -0.700. The minimum absolute atomic E-state index is 0.0715. The summed E-state index contributed by atoms with van der Waals surface area (Å²) in [6.07, 6.45) is -0.996. The molecule has 0 bridgehead atoms. The molecule has 100 valence electrons. The molecule has 1 heterocycles. The summed E-state index contributed by atoms with van der Waals surface area (Å²) in [5.74, 6) is -1.11. The summed E-state index contributed by atoms with van der Waals surface area (Å²) in [5.41, 5.74) is 0. The topological polar surface area (TPSA) is 107 Å². The smallest absolute Gasteiger partial charge is 0.322 e. The van der Waals surface area contributed by atoms with Crippen LogP contribution in [0.5, 0.6) is 0 Å². The standard InChI is InChI=1S/C9H18N2O5S/c1-6(2)4-10-17(15,16)11-5-7(12)3-8(11)9(13)14/h6-8,10,12H,3-5H2,1-2H3,(H,13,14)/t7?,8-/m0/s1. The normalized spacial score (nSPS) is 26.6. The summed E-state index contributed by atoms with van der Waals surface area (Å²) in [4.78, 5) is 10.9. The summed E-state index contributed by atoms with van der Waals surface area (Å²) in [7, 11) is -3.84. The highest BCUT2D eigenvalue weighted by atomic mass is 32.2. The van der Waals surface area contributed by atoms with Crippen LogP contribution in [0.15, 0.2) is 0 Å². The highest BCUT2D eigenvalue weighted by Gasteiger charge is 2.42. The van der Waals surface area contributed by atoms with Crippen LogP contribution in [0.3, 0.4) is 0 Å². The summed E-state index contributed by atoms with van der Waals surface area (Å²) >= 11 is 0. The Balaban J connectivity index is 2.79. The van der Waals surface area contributed by atoms with E-state index in [2.05, 4.69) is 4.72 Å². The molecule has 0 radical (unpaired) electrons. The van der Waals surface area contributed by atoms with E-state index in [0.717, 1.165) is 4.31 Å². The van der Waals surface area contributed by atoms with Crippen LogP contribution < -0.4 is 4.72 Å². The Morgan fingerprint density at radius 3 is 2.59 bits per heavy atom. The van der Waals surface area contributed by atoms with Crippen molar-refractivity contribution in [3.8, 4) is 0 Å². The molecule has 1 fully saturated rings. The molecule has 0 aromatic heterocycles. The van der Waals surface area contributed by atoms with Gasteiger partial charge in [0.2, 0.25) is 0 Å². The van der Waals surface area contributed by atoms with Gasteiger partial charge in [0, 0.05) is 19.5 Å². The summed E-state index contributed by atoms with van der Waals surface area (Å²) < 4.78 is 26.8. The number of hydrogen-bond acceptors (Lipinski definition) is 4. The van der Waals surface area contributed by atoms with Gasteiger partial charge in [-0.25, -0.2) is 4.72 Å². The molecule has 0 amide bonds. The van der Waals surface area contributed by atoms with Crippen molar-refractivity contribution in [1.29, 1.82) is 0 Å². The number of carboxylic acids is 1. The van der Waals surface area contributed by atoms with E-state index in [1.807, 2.05) is 13.8 Å². The van der Waals surface area contributed by atoms with Crippen LogP contribution in [-0.2, 0) is 15.0 Å². The fraction of sp³-hybridized carbons (Fsp3) is 0.889. The Morgan fingerprint density at radius 2 is 2.12 bits per heavy atom. The Kier molecular flexibility index (Phi) is 4.48. The molecule has 1 aliphatic rings. The van der Waals surface area contributed by atoms with Crippen LogP contribution in [0, 0.1) is 5.92 Å². The molecule has 7 nitrogen and oxygen atoms in total. The molecule has 0 aromatic rings. The van der Waals surface area contributed by atoms with Crippen molar-refractivity contribution in [2.24, 2.45) is 5.92 Å². The fourth-order valence-corrected chi connectivity index (χ4v) is 3.22. The first-order valence-electron chi connectivity index (χ1n) is 5.41. The van der Waals surface area contributed by atoms with E-state index >= 15 is 0 Å². The molecule has 17 heavy (non-hydrogen) atoms. The maximum atomic E-state index is 11.8. The van der Waals surface area contributed by atoms with Gasteiger partial charge in [0.25, 0.3) is 10.2 Å². The van der Waals surface area contributed by atoms with Crippen molar-refractivity contribution in [1.82, 2.24) is 9.03 Å². The molecule has 8 heteroatoms. The molecule has 1 aliphatic heterocycles. The number of β-amino-alcohol motifs (C(OH)–C–C–N with tert-alkyl or cyclic N) is 1. The van der Waals surface area contributed by atoms with Crippen LogP contribution in [0.4, 0.5) is 0 Å².